The Morgan fingerprint density at radius 2 is 1.78 bits per heavy atom. The first-order chi connectivity index (χ1) is 8.00. The van der Waals surface area contributed by atoms with E-state index in [9.17, 15) is 21.6 Å². The van der Waals surface area contributed by atoms with Gasteiger partial charge in [0.05, 0.1) is 10.5 Å². The Hall–Kier alpha value is -0.790. The molecule has 0 heterocycles. The highest BCUT2D eigenvalue weighted by Crippen LogP contribution is 2.32. The maximum atomic E-state index is 12.6. The summed E-state index contributed by atoms with van der Waals surface area (Å²) >= 11 is 0. The lowest BCUT2D eigenvalue weighted by Crippen LogP contribution is -2.13. The molecule has 0 bridgehead atoms. The Bertz CT molecular complexity index is 541. The average Bonchev–Trinajstić information content (AvgIpc) is 2.13. The van der Waals surface area contributed by atoms with Crippen LogP contribution in [0.4, 0.5) is 13.2 Å². The van der Waals surface area contributed by atoms with Crippen molar-refractivity contribution in [3.05, 3.63) is 29.3 Å². The third-order valence-corrected chi connectivity index (χ3v) is 3.41. The molecular formula is C10H11ClF3NO2S. The van der Waals surface area contributed by atoms with Crippen LogP contribution in [0, 0.1) is 0 Å². The van der Waals surface area contributed by atoms with Gasteiger partial charge >= 0.3 is 6.18 Å². The fraction of sp³-hybridized carbons (Fsp3) is 0.400. The van der Waals surface area contributed by atoms with Crippen LogP contribution in [0.3, 0.4) is 0 Å². The van der Waals surface area contributed by atoms with Crippen molar-refractivity contribution in [1.82, 2.24) is 4.90 Å². The highest BCUT2D eigenvalue weighted by atomic mass is 35.7. The Morgan fingerprint density at radius 1 is 1.22 bits per heavy atom. The van der Waals surface area contributed by atoms with Crippen LogP contribution in [-0.2, 0) is 21.8 Å². The van der Waals surface area contributed by atoms with Gasteiger partial charge in [0.15, 0.2) is 0 Å². The number of benzene rings is 1. The van der Waals surface area contributed by atoms with E-state index in [4.69, 9.17) is 10.7 Å². The molecule has 0 fully saturated rings. The quantitative estimate of drug-likeness (QED) is 0.806. The van der Waals surface area contributed by atoms with Gasteiger partial charge in [-0.1, -0.05) is 0 Å². The molecule has 0 aliphatic heterocycles. The molecule has 0 N–H and O–H groups in total. The Labute approximate surface area is 108 Å². The first-order valence-electron chi connectivity index (χ1n) is 4.80. The number of hydrogen-bond donors (Lipinski definition) is 0. The van der Waals surface area contributed by atoms with Crippen molar-refractivity contribution < 1.29 is 21.6 Å². The highest BCUT2D eigenvalue weighted by Gasteiger charge is 2.32. The van der Waals surface area contributed by atoms with Gasteiger partial charge in [-0.3, -0.25) is 0 Å². The van der Waals surface area contributed by atoms with E-state index in [-0.39, 0.29) is 12.1 Å². The van der Waals surface area contributed by atoms with E-state index < -0.39 is 25.7 Å². The second kappa shape index (κ2) is 5.07. The van der Waals surface area contributed by atoms with Gasteiger partial charge in [0, 0.05) is 17.2 Å². The normalized spacial score (nSPS) is 13.1. The lowest BCUT2D eigenvalue weighted by Gasteiger charge is -2.14. The molecule has 1 aromatic carbocycles. The lowest BCUT2D eigenvalue weighted by molar-refractivity contribution is -0.137. The van der Waals surface area contributed by atoms with E-state index in [0.717, 1.165) is 12.1 Å². The molecule has 0 unspecified atom stereocenters. The van der Waals surface area contributed by atoms with Gasteiger partial charge in [0.25, 0.3) is 9.05 Å². The van der Waals surface area contributed by atoms with Crippen molar-refractivity contribution in [2.24, 2.45) is 0 Å². The fourth-order valence-electron chi connectivity index (χ4n) is 1.42. The zero-order valence-electron chi connectivity index (χ0n) is 9.62. The number of alkyl halides is 3. The predicted molar refractivity (Wildman–Crippen MR) is 61.9 cm³/mol. The molecule has 0 aliphatic carbocycles. The minimum absolute atomic E-state index is 0.184. The van der Waals surface area contributed by atoms with Gasteiger partial charge in [-0.2, -0.15) is 13.2 Å². The number of nitrogens with zero attached hydrogens (tertiary/aromatic N) is 1. The van der Waals surface area contributed by atoms with Crippen molar-refractivity contribution in [3.8, 4) is 0 Å². The fourth-order valence-corrected chi connectivity index (χ4v) is 2.25. The van der Waals surface area contributed by atoms with Gasteiger partial charge in [0.1, 0.15) is 0 Å². The highest BCUT2D eigenvalue weighted by molar-refractivity contribution is 8.13. The molecular weight excluding hydrogens is 291 g/mol. The van der Waals surface area contributed by atoms with Crippen LogP contribution < -0.4 is 0 Å². The SMILES string of the molecule is CN(C)Cc1cc(C(F)(F)F)cc(S(=O)(=O)Cl)c1. The first-order valence-corrected chi connectivity index (χ1v) is 7.11. The van der Waals surface area contributed by atoms with Crippen LogP contribution >= 0.6 is 10.7 Å². The van der Waals surface area contributed by atoms with E-state index in [2.05, 4.69) is 0 Å². The Kier molecular flexibility index (Phi) is 4.30. The van der Waals surface area contributed by atoms with Crippen molar-refractivity contribution in [2.75, 3.05) is 14.1 Å². The monoisotopic (exact) mass is 301 g/mol. The second-order valence-corrected chi connectivity index (χ2v) is 6.60. The topological polar surface area (TPSA) is 37.4 Å². The van der Waals surface area contributed by atoms with E-state index in [0.29, 0.717) is 6.07 Å². The van der Waals surface area contributed by atoms with Crippen molar-refractivity contribution in [2.45, 2.75) is 17.6 Å². The number of halogens is 4. The summed E-state index contributed by atoms with van der Waals surface area (Å²) in [4.78, 5) is 1.08. The first kappa shape index (κ1) is 15.3. The zero-order chi connectivity index (χ0) is 14.1. The molecule has 0 aromatic heterocycles. The summed E-state index contributed by atoms with van der Waals surface area (Å²) in [5.74, 6) is 0. The summed E-state index contributed by atoms with van der Waals surface area (Å²) in [5.41, 5.74) is -0.796. The summed E-state index contributed by atoms with van der Waals surface area (Å²) in [5, 5.41) is 0. The number of rotatable bonds is 3. The summed E-state index contributed by atoms with van der Waals surface area (Å²) in [6.07, 6.45) is -4.61. The Morgan fingerprint density at radius 3 is 2.17 bits per heavy atom. The van der Waals surface area contributed by atoms with Crippen LogP contribution in [0.2, 0.25) is 0 Å². The predicted octanol–water partition coefficient (Wildman–Crippen LogP) is 2.69. The molecule has 0 saturated heterocycles. The molecule has 0 amide bonds. The molecule has 8 heteroatoms. The maximum Gasteiger partial charge on any atom is 0.416 e. The molecule has 1 aromatic rings. The van der Waals surface area contributed by atoms with Gasteiger partial charge < -0.3 is 4.90 Å². The third-order valence-electron chi connectivity index (χ3n) is 2.07. The molecule has 3 nitrogen and oxygen atoms in total. The third kappa shape index (κ3) is 4.15. The second-order valence-electron chi connectivity index (χ2n) is 4.04. The van der Waals surface area contributed by atoms with Crippen LogP contribution in [0.5, 0.6) is 0 Å². The van der Waals surface area contributed by atoms with Crippen LogP contribution in [0.25, 0.3) is 0 Å². The largest absolute Gasteiger partial charge is 0.416 e. The summed E-state index contributed by atoms with van der Waals surface area (Å²) in [6, 6.07) is 2.57. The molecule has 0 radical (unpaired) electrons. The minimum Gasteiger partial charge on any atom is -0.305 e. The standard InChI is InChI=1S/C10H11ClF3NO2S/c1-15(2)6-7-3-8(10(12,13)14)5-9(4-7)18(11,16)17/h3-5H,6H2,1-2H3. The van der Waals surface area contributed by atoms with E-state index in [1.807, 2.05) is 0 Å². The van der Waals surface area contributed by atoms with Gasteiger partial charge in [-0.15, -0.1) is 0 Å². The van der Waals surface area contributed by atoms with Gasteiger partial charge in [-0.25, -0.2) is 8.42 Å². The molecule has 1 rings (SSSR count). The lowest BCUT2D eigenvalue weighted by atomic mass is 10.1. The van der Waals surface area contributed by atoms with Crippen molar-refractivity contribution in [3.63, 3.8) is 0 Å². The van der Waals surface area contributed by atoms with Crippen LogP contribution in [0.1, 0.15) is 11.1 Å². The van der Waals surface area contributed by atoms with Gasteiger partial charge in [0.2, 0.25) is 0 Å². The average molecular weight is 302 g/mol. The van der Waals surface area contributed by atoms with Crippen LogP contribution in [-0.4, -0.2) is 27.4 Å². The minimum atomic E-state index is -4.61. The molecule has 0 saturated carbocycles. The molecule has 18 heavy (non-hydrogen) atoms. The molecule has 0 atom stereocenters. The van der Waals surface area contributed by atoms with Gasteiger partial charge in [-0.05, 0) is 37.9 Å². The van der Waals surface area contributed by atoms with Crippen LogP contribution in [0.15, 0.2) is 23.1 Å². The number of hydrogen-bond acceptors (Lipinski definition) is 3. The van der Waals surface area contributed by atoms with E-state index in [1.165, 1.54) is 0 Å². The Balaban J connectivity index is 3.39. The summed E-state index contributed by atoms with van der Waals surface area (Å²) in [7, 11) is 4.21. The molecule has 0 aliphatic rings. The van der Waals surface area contributed by atoms with E-state index >= 15 is 0 Å². The smallest absolute Gasteiger partial charge is 0.305 e. The summed E-state index contributed by atoms with van der Waals surface area (Å²) < 4.78 is 60.1. The zero-order valence-corrected chi connectivity index (χ0v) is 11.2. The molecule has 0 spiro atoms. The molecule has 102 valence electrons. The van der Waals surface area contributed by atoms with Crippen molar-refractivity contribution >= 4 is 19.7 Å². The van der Waals surface area contributed by atoms with Crippen molar-refractivity contribution in [1.29, 1.82) is 0 Å². The summed E-state index contributed by atoms with van der Waals surface area (Å²) in [6.45, 7) is 0.184. The van der Waals surface area contributed by atoms with E-state index in [1.54, 1.807) is 19.0 Å². The maximum absolute atomic E-state index is 12.6.